The van der Waals surface area contributed by atoms with Crippen molar-refractivity contribution < 1.29 is 4.42 Å². The van der Waals surface area contributed by atoms with E-state index in [-0.39, 0.29) is 0 Å². The zero-order valence-electron chi connectivity index (χ0n) is 11.3. The number of hydrogen-bond acceptors (Lipinski definition) is 2. The van der Waals surface area contributed by atoms with E-state index < -0.39 is 0 Å². The minimum absolute atomic E-state index is 0.886. The molecule has 3 rings (SSSR count). The molecule has 1 aliphatic rings. The average molecular weight is 255 g/mol. The second-order valence-corrected chi connectivity index (χ2v) is 5.53. The van der Waals surface area contributed by atoms with Crippen LogP contribution in [0.5, 0.6) is 0 Å². The Kier molecular flexibility index (Phi) is 3.97. The molecule has 1 fully saturated rings. The van der Waals surface area contributed by atoms with E-state index in [2.05, 4.69) is 17.1 Å². The van der Waals surface area contributed by atoms with Crippen LogP contribution in [0.15, 0.2) is 40.9 Å². The Bertz CT molecular complexity index is 497. The number of hydrogen-bond donors (Lipinski definition) is 0. The van der Waals surface area contributed by atoms with Gasteiger partial charge >= 0.3 is 0 Å². The third kappa shape index (κ3) is 3.25. The van der Waals surface area contributed by atoms with Gasteiger partial charge in [-0.1, -0.05) is 56.0 Å². The standard InChI is InChI=1S/C17H21NO/c1-2-10-15(11-3-1)16-13-18-17(19-16)12-6-9-14-7-4-5-8-14/h1-3,10-11,13-14H,4-9,12H2. The number of rotatable bonds is 5. The van der Waals surface area contributed by atoms with Crippen molar-refractivity contribution in [1.29, 1.82) is 0 Å². The second kappa shape index (κ2) is 6.05. The smallest absolute Gasteiger partial charge is 0.194 e. The Morgan fingerprint density at radius 1 is 1.11 bits per heavy atom. The van der Waals surface area contributed by atoms with E-state index in [1.807, 2.05) is 24.4 Å². The minimum Gasteiger partial charge on any atom is -0.441 e. The zero-order valence-corrected chi connectivity index (χ0v) is 11.3. The van der Waals surface area contributed by atoms with Gasteiger partial charge in [-0.15, -0.1) is 0 Å². The van der Waals surface area contributed by atoms with Crippen molar-refractivity contribution in [3.05, 3.63) is 42.4 Å². The lowest BCUT2D eigenvalue weighted by Crippen LogP contribution is -1.94. The first-order valence-corrected chi connectivity index (χ1v) is 7.42. The molecule has 0 amide bonds. The normalized spacial score (nSPS) is 16.0. The van der Waals surface area contributed by atoms with E-state index in [0.29, 0.717) is 0 Å². The van der Waals surface area contributed by atoms with E-state index >= 15 is 0 Å². The monoisotopic (exact) mass is 255 g/mol. The summed E-state index contributed by atoms with van der Waals surface area (Å²) in [4.78, 5) is 4.39. The number of benzene rings is 1. The van der Waals surface area contributed by atoms with Crippen LogP contribution >= 0.6 is 0 Å². The highest BCUT2D eigenvalue weighted by Gasteiger charge is 2.14. The molecule has 0 unspecified atom stereocenters. The molecule has 0 spiro atoms. The molecule has 1 aliphatic carbocycles. The number of aryl methyl sites for hydroxylation is 1. The Labute approximate surface area is 114 Å². The molecule has 1 aromatic carbocycles. The van der Waals surface area contributed by atoms with Crippen LogP contribution in [0.25, 0.3) is 11.3 Å². The van der Waals surface area contributed by atoms with Gasteiger partial charge in [-0.05, 0) is 18.8 Å². The Balaban J connectivity index is 1.53. The van der Waals surface area contributed by atoms with Gasteiger partial charge < -0.3 is 4.42 Å². The van der Waals surface area contributed by atoms with Crippen molar-refractivity contribution in [2.75, 3.05) is 0 Å². The fourth-order valence-corrected chi connectivity index (χ4v) is 3.00. The summed E-state index contributed by atoms with van der Waals surface area (Å²) >= 11 is 0. The average Bonchev–Trinajstić information content (AvgIpc) is 3.11. The van der Waals surface area contributed by atoms with E-state index in [9.17, 15) is 0 Å². The van der Waals surface area contributed by atoms with Crippen molar-refractivity contribution >= 4 is 0 Å². The molecule has 0 saturated heterocycles. The largest absolute Gasteiger partial charge is 0.441 e. The predicted octanol–water partition coefficient (Wildman–Crippen LogP) is 4.85. The molecule has 1 heterocycles. The fraction of sp³-hybridized carbons (Fsp3) is 0.471. The Hall–Kier alpha value is -1.57. The predicted molar refractivity (Wildman–Crippen MR) is 76.8 cm³/mol. The summed E-state index contributed by atoms with van der Waals surface area (Å²) in [6.45, 7) is 0. The van der Waals surface area contributed by atoms with Gasteiger partial charge in [-0.3, -0.25) is 0 Å². The highest BCUT2D eigenvalue weighted by atomic mass is 16.4. The number of oxazole rings is 1. The summed E-state index contributed by atoms with van der Waals surface area (Å²) in [6, 6.07) is 10.2. The van der Waals surface area contributed by atoms with Gasteiger partial charge in [0.2, 0.25) is 0 Å². The number of aromatic nitrogens is 1. The molecule has 2 aromatic rings. The first kappa shape index (κ1) is 12.5. The van der Waals surface area contributed by atoms with Gasteiger partial charge in [0.15, 0.2) is 11.7 Å². The molecule has 1 saturated carbocycles. The SMILES string of the molecule is c1ccc(-c2cnc(CCCC3CCCC3)o2)cc1. The van der Waals surface area contributed by atoms with E-state index in [1.54, 1.807) is 0 Å². The Morgan fingerprint density at radius 3 is 2.68 bits per heavy atom. The lowest BCUT2D eigenvalue weighted by molar-refractivity contribution is 0.447. The van der Waals surface area contributed by atoms with Crippen LogP contribution in [0.3, 0.4) is 0 Å². The van der Waals surface area contributed by atoms with Crippen LogP contribution < -0.4 is 0 Å². The highest BCUT2D eigenvalue weighted by molar-refractivity contribution is 5.55. The van der Waals surface area contributed by atoms with E-state index in [1.165, 1.54) is 38.5 Å². The first-order chi connectivity index (χ1) is 9.42. The van der Waals surface area contributed by atoms with Crippen molar-refractivity contribution in [3.63, 3.8) is 0 Å². The lowest BCUT2D eigenvalue weighted by Gasteiger charge is -2.06. The molecule has 19 heavy (non-hydrogen) atoms. The van der Waals surface area contributed by atoms with Gasteiger partial charge in [-0.2, -0.15) is 0 Å². The summed E-state index contributed by atoms with van der Waals surface area (Å²) in [5.74, 6) is 2.73. The molecule has 0 atom stereocenters. The summed E-state index contributed by atoms with van der Waals surface area (Å²) < 4.78 is 5.82. The maximum Gasteiger partial charge on any atom is 0.194 e. The summed E-state index contributed by atoms with van der Waals surface area (Å²) in [7, 11) is 0. The Morgan fingerprint density at radius 2 is 1.89 bits per heavy atom. The van der Waals surface area contributed by atoms with E-state index in [4.69, 9.17) is 4.42 Å². The molecule has 100 valence electrons. The van der Waals surface area contributed by atoms with Crippen LogP contribution in [-0.2, 0) is 6.42 Å². The third-order valence-electron chi connectivity index (χ3n) is 4.09. The molecule has 2 heteroatoms. The first-order valence-electron chi connectivity index (χ1n) is 7.42. The molecule has 0 N–H and O–H groups in total. The lowest BCUT2D eigenvalue weighted by atomic mass is 10.0. The molecular weight excluding hydrogens is 234 g/mol. The summed E-state index contributed by atoms with van der Waals surface area (Å²) in [5.41, 5.74) is 1.11. The molecule has 1 aromatic heterocycles. The van der Waals surface area contributed by atoms with Gasteiger partial charge in [0.25, 0.3) is 0 Å². The topological polar surface area (TPSA) is 26.0 Å². The van der Waals surface area contributed by atoms with Crippen molar-refractivity contribution in [1.82, 2.24) is 4.98 Å². The summed E-state index contributed by atoms with van der Waals surface area (Å²) in [6.07, 6.45) is 11.1. The highest BCUT2D eigenvalue weighted by Crippen LogP contribution is 2.29. The molecule has 0 aliphatic heterocycles. The van der Waals surface area contributed by atoms with Crippen molar-refractivity contribution in [3.8, 4) is 11.3 Å². The molecular formula is C17H21NO. The van der Waals surface area contributed by atoms with Gasteiger partial charge in [0.05, 0.1) is 6.20 Å². The minimum atomic E-state index is 0.886. The van der Waals surface area contributed by atoms with Crippen molar-refractivity contribution in [2.24, 2.45) is 5.92 Å². The van der Waals surface area contributed by atoms with Gasteiger partial charge in [-0.25, -0.2) is 4.98 Å². The maximum absolute atomic E-state index is 5.82. The van der Waals surface area contributed by atoms with E-state index in [0.717, 1.165) is 29.6 Å². The van der Waals surface area contributed by atoms with Crippen LogP contribution in [-0.4, -0.2) is 4.98 Å². The zero-order chi connectivity index (χ0) is 12.9. The molecule has 0 bridgehead atoms. The molecule has 2 nitrogen and oxygen atoms in total. The van der Waals surface area contributed by atoms with Crippen molar-refractivity contribution in [2.45, 2.75) is 44.9 Å². The van der Waals surface area contributed by atoms with Gasteiger partial charge in [0.1, 0.15) is 0 Å². The maximum atomic E-state index is 5.82. The summed E-state index contributed by atoms with van der Waals surface area (Å²) in [5, 5.41) is 0. The van der Waals surface area contributed by atoms with Crippen LogP contribution in [0, 0.1) is 5.92 Å². The van der Waals surface area contributed by atoms with Crippen LogP contribution in [0.2, 0.25) is 0 Å². The second-order valence-electron chi connectivity index (χ2n) is 5.53. The molecule has 0 radical (unpaired) electrons. The fourth-order valence-electron chi connectivity index (χ4n) is 3.00. The number of nitrogens with zero attached hydrogens (tertiary/aromatic N) is 1. The van der Waals surface area contributed by atoms with Gasteiger partial charge in [0, 0.05) is 12.0 Å². The van der Waals surface area contributed by atoms with Crippen LogP contribution in [0.1, 0.15) is 44.4 Å². The van der Waals surface area contributed by atoms with Crippen LogP contribution in [0.4, 0.5) is 0 Å². The third-order valence-corrected chi connectivity index (χ3v) is 4.09. The quantitative estimate of drug-likeness (QED) is 0.763.